The molecule has 4 rings (SSSR count). The van der Waals surface area contributed by atoms with E-state index in [-0.39, 0.29) is 28.4 Å². The highest BCUT2D eigenvalue weighted by Crippen LogP contribution is 2.39. The van der Waals surface area contributed by atoms with Gasteiger partial charge in [-0.25, -0.2) is 8.42 Å². The molecule has 1 unspecified atom stereocenters. The molecule has 1 aliphatic heterocycles. The van der Waals surface area contributed by atoms with Crippen LogP contribution >= 0.6 is 11.6 Å². The van der Waals surface area contributed by atoms with Gasteiger partial charge in [-0.3, -0.25) is 9.10 Å². The number of hydrogen-bond acceptors (Lipinski definition) is 6. The normalized spacial score (nSPS) is 15.1. The first-order valence-electron chi connectivity index (χ1n) is 10.3. The summed E-state index contributed by atoms with van der Waals surface area (Å²) in [6.07, 6.45) is -0.785. The molecule has 1 heterocycles. The van der Waals surface area contributed by atoms with Gasteiger partial charge in [0.25, 0.3) is 15.9 Å². The third-order valence-electron chi connectivity index (χ3n) is 5.35. The van der Waals surface area contributed by atoms with Crippen LogP contribution in [-0.2, 0) is 10.0 Å². The molecule has 0 radical (unpaired) electrons. The highest BCUT2D eigenvalue weighted by Gasteiger charge is 2.35. The van der Waals surface area contributed by atoms with Gasteiger partial charge in [0, 0.05) is 5.69 Å². The lowest BCUT2D eigenvalue weighted by Crippen LogP contribution is -2.45. The summed E-state index contributed by atoms with van der Waals surface area (Å²) in [6, 6.07) is 17.3. The molecule has 1 aliphatic rings. The zero-order valence-electron chi connectivity index (χ0n) is 18.0. The van der Waals surface area contributed by atoms with E-state index in [2.05, 4.69) is 5.32 Å². The van der Waals surface area contributed by atoms with Crippen LogP contribution in [0.2, 0.25) is 5.02 Å². The van der Waals surface area contributed by atoms with Crippen LogP contribution in [0.15, 0.2) is 65.6 Å². The predicted octanol–water partition coefficient (Wildman–Crippen LogP) is 3.72. The molecule has 34 heavy (non-hydrogen) atoms. The van der Waals surface area contributed by atoms with Gasteiger partial charge < -0.3 is 15.2 Å². The van der Waals surface area contributed by atoms with Crippen molar-refractivity contribution in [2.75, 3.05) is 22.8 Å². The lowest BCUT2D eigenvalue weighted by atomic mass is 10.1. The van der Waals surface area contributed by atoms with Crippen molar-refractivity contribution in [3.63, 3.8) is 0 Å². The van der Waals surface area contributed by atoms with E-state index in [0.29, 0.717) is 21.8 Å². The Balaban J connectivity index is 1.74. The van der Waals surface area contributed by atoms with Crippen LogP contribution < -0.4 is 14.4 Å². The highest BCUT2D eigenvalue weighted by molar-refractivity contribution is 7.92. The average molecular weight is 498 g/mol. The molecule has 10 heteroatoms. The number of benzene rings is 3. The van der Waals surface area contributed by atoms with Crippen molar-refractivity contribution in [3.8, 4) is 11.8 Å². The number of ether oxygens (including phenoxy) is 1. The number of carbonyl (C=O) groups is 1. The van der Waals surface area contributed by atoms with E-state index in [1.807, 2.05) is 6.07 Å². The van der Waals surface area contributed by atoms with Crippen molar-refractivity contribution in [3.05, 3.63) is 82.4 Å². The maximum absolute atomic E-state index is 13.5. The van der Waals surface area contributed by atoms with Gasteiger partial charge in [0.1, 0.15) is 11.9 Å². The summed E-state index contributed by atoms with van der Waals surface area (Å²) in [7, 11) is -4.10. The van der Waals surface area contributed by atoms with Crippen LogP contribution in [0.25, 0.3) is 0 Å². The Hall–Kier alpha value is -3.58. The molecule has 0 spiro atoms. The van der Waals surface area contributed by atoms with Crippen molar-refractivity contribution in [1.82, 2.24) is 0 Å². The van der Waals surface area contributed by atoms with Gasteiger partial charge in [-0.2, -0.15) is 5.26 Å². The number of carbonyl (C=O) groups excluding carboxylic acids is 1. The van der Waals surface area contributed by atoms with Crippen LogP contribution in [-0.4, -0.2) is 38.7 Å². The molecule has 3 aromatic carbocycles. The first-order chi connectivity index (χ1) is 16.2. The number of aryl methyl sites for hydroxylation is 1. The Bertz CT molecular complexity index is 1400. The molecule has 1 atom stereocenters. The summed E-state index contributed by atoms with van der Waals surface area (Å²) in [5.41, 5.74) is 1.74. The quantitative estimate of drug-likeness (QED) is 0.554. The van der Waals surface area contributed by atoms with Gasteiger partial charge in [0.05, 0.1) is 46.0 Å². The number of aliphatic hydroxyl groups is 1. The van der Waals surface area contributed by atoms with Crippen LogP contribution in [0.5, 0.6) is 5.75 Å². The molecule has 1 amide bonds. The monoisotopic (exact) mass is 497 g/mol. The molecule has 0 saturated heterocycles. The molecule has 2 N–H and O–H groups in total. The minimum absolute atomic E-state index is 0.0720. The number of aliphatic hydroxyl groups excluding tert-OH is 1. The number of sulfonamides is 1. The zero-order valence-corrected chi connectivity index (χ0v) is 19.6. The number of hydrogen-bond donors (Lipinski definition) is 2. The first kappa shape index (κ1) is 23.6. The van der Waals surface area contributed by atoms with E-state index in [1.54, 1.807) is 31.2 Å². The van der Waals surface area contributed by atoms with Gasteiger partial charge in [-0.05, 0) is 55.0 Å². The Kier molecular flexibility index (Phi) is 6.48. The van der Waals surface area contributed by atoms with E-state index in [0.717, 1.165) is 4.31 Å². The van der Waals surface area contributed by atoms with Gasteiger partial charge in [-0.1, -0.05) is 29.8 Å². The summed E-state index contributed by atoms with van der Waals surface area (Å²) in [5, 5.41) is 21.9. The van der Waals surface area contributed by atoms with Crippen molar-refractivity contribution < 1.29 is 23.1 Å². The SMILES string of the molecule is Cc1cccc(Cl)c1C(=O)Nc1ccc2c(c1)N(S(=O)(=O)c1cccc(C#N)c1)CC(CO)O2. The van der Waals surface area contributed by atoms with E-state index in [4.69, 9.17) is 21.6 Å². The number of fused-ring (bicyclic) bond motifs is 1. The fraction of sp³-hybridized carbons (Fsp3) is 0.167. The Labute approximate surface area is 202 Å². The van der Waals surface area contributed by atoms with E-state index in [9.17, 15) is 18.3 Å². The predicted molar refractivity (Wildman–Crippen MR) is 128 cm³/mol. The van der Waals surface area contributed by atoms with E-state index in [1.165, 1.54) is 36.4 Å². The number of nitriles is 1. The van der Waals surface area contributed by atoms with Gasteiger partial charge in [-0.15, -0.1) is 0 Å². The largest absolute Gasteiger partial charge is 0.484 e. The highest BCUT2D eigenvalue weighted by atomic mass is 35.5. The second-order valence-electron chi connectivity index (χ2n) is 7.67. The summed E-state index contributed by atoms with van der Waals surface area (Å²) in [6.45, 7) is 1.22. The van der Waals surface area contributed by atoms with Gasteiger partial charge in [0.15, 0.2) is 0 Å². The van der Waals surface area contributed by atoms with Crippen LogP contribution in [0, 0.1) is 18.3 Å². The minimum atomic E-state index is -4.10. The smallest absolute Gasteiger partial charge is 0.264 e. The number of nitrogens with zero attached hydrogens (tertiary/aromatic N) is 2. The number of nitrogens with one attached hydrogen (secondary N) is 1. The lowest BCUT2D eigenvalue weighted by molar-refractivity contribution is 0.102. The molecule has 0 fully saturated rings. The topological polar surface area (TPSA) is 120 Å². The van der Waals surface area contributed by atoms with Crippen molar-refractivity contribution in [2.45, 2.75) is 17.9 Å². The minimum Gasteiger partial charge on any atom is -0.484 e. The van der Waals surface area contributed by atoms with Crippen LogP contribution in [0.4, 0.5) is 11.4 Å². The van der Waals surface area contributed by atoms with Gasteiger partial charge >= 0.3 is 0 Å². The van der Waals surface area contributed by atoms with Crippen LogP contribution in [0.1, 0.15) is 21.5 Å². The fourth-order valence-corrected chi connectivity index (χ4v) is 5.53. The maximum atomic E-state index is 13.5. The molecule has 0 aromatic heterocycles. The molecule has 8 nitrogen and oxygen atoms in total. The molecule has 0 bridgehead atoms. The lowest BCUT2D eigenvalue weighted by Gasteiger charge is -2.35. The third kappa shape index (κ3) is 4.43. The molecular formula is C24H20ClN3O5S. The Morgan fingerprint density at radius 1 is 1.24 bits per heavy atom. The zero-order chi connectivity index (χ0) is 24.5. The average Bonchev–Trinajstić information content (AvgIpc) is 2.83. The first-order valence-corrected chi connectivity index (χ1v) is 12.1. The second-order valence-corrected chi connectivity index (χ2v) is 9.94. The van der Waals surface area contributed by atoms with Crippen LogP contribution in [0.3, 0.4) is 0 Å². The van der Waals surface area contributed by atoms with Gasteiger partial charge in [0.2, 0.25) is 0 Å². The Morgan fingerprint density at radius 2 is 2.00 bits per heavy atom. The molecule has 174 valence electrons. The standard InChI is InChI=1S/C24H20ClN3O5S/c1-15-4-2-7-20(25)23(15)24(30)27-17-8-9-22-21(11-17)28(13-18(14-29)33-22)34(31,32)19-6-3-5-16(10-19)12-26/h2-11,18,29H,13-14H2,1H3,(H,27,30). The number of amides is 1. The number of anilines is 2. The number of rotatable bonds is 5. The summed E-state index contributed by atoms with van der Waals surface area (Å²) in [5.74, 6) is -0.207. The fourth-order valence-electron chi connectivity index (χ4n) is 3.68. The van der Waals surface area contributed by atoms with Crippen molar-refractivity contribution in [2.24, 2.45) is 0 Å². The summed E-state index contributed by atoms with van der Waals surface area (Å²) >= 11 is 6.20. The second kappa shape index (κ2) is 9.35. The third-order valence-corrected chi connectivity index (χ3v) is 7.44. The van der Waals surface area contributed by atoms with E-state index < -0.39 is 28.6 Å². The maximum Gasteiger partial charge on any atom is 0.264 e. The molecule has 3 aromatic rings. The number of halogens is 1. The molecule has 0 saturated carbocycles. The van der Waals surface area contributed by atoms with Crippen molar-refractivity contribution in [1.29, 1.82) is 5.26 Å². The summed E-state index contributed by atoms with van der Waals surface area (Å²) < 4.78 is 33.8. The Morgan fingerprint density at radius 3 is 2.71 bits per heavy atom. The molecular weight excluding hydrogens is 478 g/mol. The summed E-state index contributed by atoms with van der Waals surface area (Å²) in [4.78, 5) is 12.8. The van der Waals surface area contributed by atoms with Crippen molar-refractivity contribution >= 4 is 38.9 Å². The molecule has 0 aliphatic carbocycles. The van der Waals surface area contributed by atoms with E-state index >= 15 is 0 Å².